The lowest BCUT2D eigenvalue weighted by Gasteiger charge is -2.14. The topological polar surface area (TPSA) is 86.4 Å². The zero-order valence-corrected chi connectivity index (χ0v) is 21.1. The summed E-state index contributed by atoms with van der Waals surface area (Å²) in [5.41, 5.74) is 5.75. The van der Waals surface area contributed by atoms with Gasteiger partial charge in [-0.3, -0.25) is 14.9 Å². The second-order valence-electron chi connectivity index (χ2n) is 9.16. The Hall–Kier alpha value is -4.91. The maximum Gasteiger partial charge on any atom is 0.269 e. The van der Waals surface area contributed by atoms with E-state index >= 15 is 0 Å². The Labute approximate surface area is 220 Å². The smallest absolute Gasteiger partial charge is 0.269 e. The molecule has 1 amide bonds. The highest BCUT2D eigenvalue weighted by Gasteiger charge is 2.14. The Morgan fingerprint density at radius 2 is 1.71 bits per heavy atom. The Kier molecular flexibility index (Phi) is 6.91. The first-order valence-corrected chi connectivity index (χ1v) is 12.3. The van der Waals surface area contributed by atoms with Crippen molar-refractivity contribution in [1.29, 1.82) is 0 Å². The molecule has 1 atom stereocenters. The molecule has 0 spiro atoms. The number of amides is 1. The van der Waals surface area contributed by atoms with Gasteiger partial charge in [0.15, 0.2) is 0 Å². The van der Waals surface area contributed by atoms with Crippen molar-refractivity contribution in [2.45, 2.75) is 19.5 Å². The van der Waals surface area contributed by atoms with Crippen LogP contribution in [0.25, 0.3) is 22.0 Å². The summed E-state index contributed by atoms with van der Waals surface area (Å²) in [6.07, 6.45) is 2.03. The summed E-state index contributed by atoms with van der Waals surface area (Å²) < 4.78 is 7.65. The standard InChI is InChI=1S/C31H27N3O4/c1-21(23-11-14-27(15-12-23)34(36)37)32-31(35)26-13-16-29-25(19-26)17-18-33(29)20-22-7-9-24(10-8-22)28-5-3-4-6-30(28)38-2/h3-19,21H,20H2,1-2H3,(H,32,35)/t21-/m0/s1. The number of para-hydroxylation sites is 1. The van der Waals surface area contributed by atoms with E-state index in [1.165, 1.54) is 17.7 Å². The predicted molar refractivity (Wildman–Crippen MR) is 148 cm³/mol. The number of nitro benzene ring substituents is 1. The average molecular weight is 506 g/mol. The number of ether oxygens (including phenoxy) is 1. The van der Waals surface area contributed by atoms with Crippen LogP contribution in [0.5, 0.6) is 5.75 Å². The summed E-state index contributed by atoms with van der Waals surface area (Å²) >= 11 is 0. The van der Waals surface area contributed by atoms with E-state index in [2.05, 4.69) is 34.1 Å². The van der Waals surface area contributed by atoms with Crippen molar-refractivity contribution in [3.8, 4) is 16.9 Å². The van der Waals surface area contributed by atoms with Crippen molar-refractivity contribution in [2.75, 3.05) is 7.11 Å². The molecular weight excluding hydrogens is 478 g/mol. The van der Waals surface area contributed by atoms with Crippen molar-refractivity contribution < 1.29 is 14.5 Å². The fourth-order valence-electron chi connectivity index (χ4n) is 4.60. The molecule has 7 nitrogen and oxygen atoms in total. The van der Waals surface area contributed by atoms with E-state index in [9.17, 15) is 14.9 Å². The quantitative estimate of drug-likeness (QED) is 0.186. The highest BCUT2D eigenvalue weighted by atomic mass is 16.6. The molecule has 0 aliphatic carbocycles. The fraction of sp³-hybridized carbons (Fsp3) is 0.129. The number of benzene rings is 4. The number of nitrogens with zero attached hydrogens (tertiary/aromatic N) is 2. The number of fused-ring (bicyclic) bond motifs is 1. The molecular formula is C31H27N3O4. The maximum atomic E-state index is 12.9. The molecule has 0 saturated carbocycles. The van der Waals surface area contributed by atoms with Crippen LogP contribution in [0.2, 0.25) is 0 Å². The van der Waals surface area contributed by atoms with Gasteiger partial charge in [0, 0.05) is 46.9 Å². The van der Waals surface area contributed by atoms with Crippen LogP contribution in [0, 0.1) is 10.1 Å². The van der Waals surface area contributed by atoms with Crippen LogP contribution in [0.15, 0.2) is 103 Å². The number of methoxy groups -OCH3 is 1. The van der Waals surface area contributed by atoms with Crippen molar-refractivity contribution in [3.05, 3.63) is 130 Å². The van der Waals surface area contributed by atoms with E-state index in [4.69, 9.17) is 4.74 Å². The number of nitro groups is 1. The van der Waals surface area contributed by atoms with Crippen molar-refractivity contribution in [2.24, 2.45) is 0 Å². The lowest BCUT2D eigenvalue weighted by atomic mass is 10.0. The number of carbonyl (C=O) groups excluding carboxylic acids is 1. The molecule has 0 aliphatic rings. The van der Waals surface area contributed by atoms with Crippen molar-refractivity contribution in [1.82, 2.24) is 9.88 Å². The van der Waals surface area contributed by atoms with E-state index in [-0.39, 0.29) is 17.6 Å². The molecule has 5 rings (SSSR count). The summed E-state index contributed by atoms with van der Waals surface area (Å²) in [5.74, 6) is 0.649. The third-order valence-corrected chi connectivity index (χ3v) is 6.71. The van der Waals surface area contributed by atoms with Gasteiger partial charge in [0.05, 0.1) is 18.1 Å². The van der Waals surface area contributed by atoms with Crippen LogP contribution in [-0.4, -0.2) is 22.5 Å². The Morgan fingerprint density at radius 3 is 2.42 bits per heavy atom. The number of hydrogen-bond donors (Lipinski definition) is 1. The first kappa shape index (κ1) is 24.8. The van der Waals surface area contributed by atoms with Crippen LogP contribution in [0.1, 0.15) is 34.5 Å². The van der Waals surface area contributed by atoms with Crippen LogP contribution >= 0.6 is 0 Å². The third-order valence-electron chi connectivity index (χ3n) is 6.71. The van der Waals surface area contributed by atoms with Crippen molar-refractivity contribution >= 4 is 22.5 Å². The SMILES string of the molecule is COc1ccccc1-c1ccc(Cn2ccc3cc(C(=O)N[C@@H](C)c4ccc([N+](=O)[O-])cc4)ccc32)cc1. The fourth-order valence-corrected chi connectivity index (χ4v) is 4.60. The van der Waals surface area contributed by atoms with E-state index in [1.807, 2.05) is 61.7 Å². The monoisotopic (exact) mass is 505 g/mol. The second-order valence-corrected chi connectivity index (χ2v) is 9.16. The Balaban J connectivity index is 1.28. The van der Waals surface area contributed by atoms with Gasteiger partial charge in [-0.1, -0.05) is 54.6 Å². The lowest BCUT2D eigenvalue weighted by molar-refractivity contribution is -0.384. The normalized spacial score (nSPS) is 11.7. The number of rotatable bonds is 8. The molecule has 1 N–H and O–H groups in total. The minimum absolute atomic E-state index is 0.0228. The largest absolute Gasteiger partial charge is 0.496 e. The van der Waals surface area contributed by atoms with Crippen LogP contribution in [0.3, 0.4) is 0 Å². The summed E-state index contributed by atoms with van der Waals surface area (Å²) in [6, 6.07) is 30.0. The van der Waals surface area contributed by atoms with Crippen molar-refractivity contribution in [3.63, 3.8) is 0 Å². The molecule has 190 valence electrons. The molecule has 0 aliphatic heterocycles. The highest BCUT2D eigenvalue weighted by Crippen LogP contribution is 2.30. The van der Waals surface area contributed by atoms with Gasteiger partial charge in [-0.25, -0.2) is 0 Å². The Bertz CT molecular complexity index is 1610. The third kappa shape index (κ3) is 5.13. The van der Waals surface area contributed by atoms with Crippen LogP contribution in [-0.2, 0) is 6.54 Å². The summed E-state index contributed by atoms with van der Waals surface area (Å²) in [7, 11) is 1.68. The number of aromatic nitrogens is 1. The van der Waals surface area contributed by atoms with Gasteiger partial charge in [-0.05, 0) is 53.9 Å². The second kappa shape index (κ2) is 10.6. The van der Waals surface area contributed by atoms with E-state index in [0.717, 1.165) is 33.3 Å². The molecule has 1 heterocycles. The molecule has 0 bridgehead atoms. The first-order valence-electron chi connectivity index (χ1n) is 12.3. The number of carbonyl (C=O) groups is 1. The summed E-state index contributed by atoms with van der Waals surface area (Å²) in [4.78, 5) is 23.3. The molecule has 38 heavy (non-hydrogen) atoms. The average Bonchev–Trinajstić information content (AvgIpc) is 3.35. The summed E-state index contributed by atoms with van der Waals surface area (Å²) in [5, 5.41) is 14.8. The molecule has 0 unspecified atom stereocenters. The van der Waals surface area contributed by atoms with E-state index in [0.29, 0.717) is 12.1 Å². The highest BCUT2D eigenvalue weighted by molar-refractivity contribution is 5.98. The van der Waals surface area contributed by atoms with E-state index in [1.54, 1.807) is 19.2 Å². The van der Waals surface area contributed by atoms with Gasteiger partial charge in [-0.2, -0.15) is 0 Å². The maximum absolute atomic E-state index is 12.9. The Morgan fingerprint density at radius 1 is 0.974 bits per heavy atom. The van der Waals surface area contributed by atoms with Gasteiger partial charge in [-0.15, -0.1) is 0 Å². The molecule has 0 fully saturated rings. The molecule has 5 aromatic rings. The molecule has 0 saturated heterocycles. The van der Waals surface area contributed by atoms with E-state index < -0.39 is 4.92 Å². The van der Waals surface area contributed by atoms with Crippen LogP contribution < -0.4 is 10.1 Å². The van der Waals surface area contributed by atoms with Gasteiger partial charge in [0.1, 0.15) is 5.75 Å². The van der Waals surface area contributed by atoms with Gasteiger partial charge in [0.2, 0.25) is 0 Å². The zero-order valence-electron chi connectivity index (χ0n) is 21.1. The molecule has 1 aromatic heterocycles. The molecule has 4 aromatic carbocycles. The molecule has 0 radical (unpaired) electrons. The first-order chi connectivity index (χ1) is 18.4. The number of hydrogen-bond acceptors (Lipinski definition) is 4. The summed E-state index contributed by atoms with van der Waals surface area (Å²) in [6.45, 7) is 2.56. The minimum Gasteiger partial charge on any atom is -0.496 e. The number of nitrogens with one attached hydrogen (secondary N) is 1. The van der Waals surface area contributed by atoms with Gasteiger partial charge < -0.3 is 14.6 Å². The lowest BCUT2D eigenvalue weighted by Crippen LogP contribution is -2.26. The van der Waals surface area contributed by atoms with Gasteiger partial charge >= 0.3 is 0 Å². The zero-order chi connectivity index (χ0) is 26.6. The van der Waals surface area contributed by atoms with Crippen LogP contribution in [0.4, 0.5) is 5.69 Å². The minimum atomic E-state index is -0.439. The number of non-ortho nitro benzene ring substituents is 1. The van der Waals surface area contributed by atoms with Gasteiger partial charge in [0.25, 0.3) is 11.6 Å². The molecule has 7 heteroatoms. The predicted octanol–water partition coefficient (Wildman–Crippen LogP) is 6.76.